The fraction of sp³-hybridized carbons (Fsp3) is 0.400. The average molecular weight is 383 g/mol. The number of para-hydroxylation sites is 1. The highest BCUT2D eigenvalue weighted by Crippen LogP contribution is 2.42. The molecule has 0 saturated heterocycles. The standard InChI is InChI=1S/C20H21N3O5/c1-12-16(11-21)18(15-9-5-6-10-17(15)23(25)26)19(13(2)22-12)28-20(24)27-14-7-3-4-8-14/h5-6,9-10,14,18,22H,3-4,7-8H2,1-2H3. The van der Waals surface area contributed by atoms with Crippen molar-refractivity contribution in [3.05, 3.63) is 62.7 Å². The summed E-state index contributed by atoms with van der Waals surface area (Å²) in [7, 11) is 0. The van der Waals surface area contributed by atoms with Crippen LogP contribution in [0.4, 0.5) is 10.5 Å². The van der Waals surface area contributed by atoms with E-state index < -0.39 is 17.0 Å². The van der Waals surface area contributed by atoms with Crippen molar-refractivity contribution >= 4 is 11.8 Å². The van der Waals surface area contributed by atoms with Crippen molar-refractivity contribution in [3.63, 3.8) is 0 Å². The number of nitrogens with one attached hydrogen (secondary N) is 1. The first-order valence-corrected chi connectivity index (χ1v) is 9.12. The van der Waals surface area contributed by atoms with Crippen molar-refractivity contribution in [1.82, 2.24) is 5.32 Å². The fourth-order valence-electron chi connectivity index (χ4n) is 3.71. The number of nitro benzene ring substituents is 1. The van der Waals surface area contributed by atoms with Crippen LogP contribution >= 0.6 is 0 Å². The Morgan fingerprint density at radius 2 is 1.93 bits per heavy atom. The highest BCUT2D eigenvalue weighted by molar-refractivity contribution is 5.64. The van der Waals surface area contributed by atoms with Crippen LogP contribution in [0.5, 0.6) is 0 Å². The Morgan fingerprint density at radius 3 is 2.57 bits per heavy atom. The summed E-state index contributed by atoms with van der Waals surface area (Å²) in [5.74, 6) is -0.733. The van der Waals surface area contributed by atoms with E-state index in [9.17, 15) is 20.2 Å². The molecule has 0 aromatic heterocycles. The maximum absolute atomic E-state index is 12.3. The molecule has 3 rings (SSSR count). The second kappa shape index (κ2) is 8.13. The van der Waals surface area contributed by atoms with E-state index in [-0.39, 0.29) is 28.7 Å². The highest BCUT2D eigenvalue weighted by atomic mass is 16.7. The van der Waals surface area contributed by atoms with Crippen LogP contribution in [-0.4, -0.2) is 17.2 Å². The van der Waals surface area contributed by atoms with Gasteiger partial charge in [0, 0.05) is 17.3 Å². The summed E-state index contributed by atoms with van der Waals surface area (Å²) in [6, 6.07) is 8.23. The van der Waals surface area contributed by atoms with Gasteiger partial charge < -0.3 is 14.8 Å². The lowest BCUT2D eigenvalue weighted by atomic mass is 9.85. The lowest BCUT2D eigenvalue weighted by Crippen LogP contribution is -2.27. The number of carbonyl (C=O) groups excluding carboxylic acids is 1. The molecule has 1 aromatic rings. The zero-order valence-electron chi connectivity index (χ0n) is 15.7. The number of dihydropyridines is 1. The minimum absolute atomic E-state index is 0.138. The van der Waals surface area contributed by atoms with E-state index in [1.807, 2.05) is 0 Å². The van der Waals surface area contributed by atoms with E-state index in [1.165, 1.54) is 6.07 Å². The molecule has 1 aliphatic carbocycles. The lowest BCUT2D eigenvalue weighted by molar-refractivity contribution is -0.385. The molecule has 8 heteroatoms. The van der Waals surface area contributed by atoms with Crippen LogP contribution in [0.3, 0.4) is 0 Å². The van der Waals surface area contributed by atoms with Crippen LogP contribution in [0.25, 0.3) is 0 Å². The van der Waals surface area contributed by atoms with Crippen LogP contribution in [-0.2, 0) is 9.47 Å². The van der Waals surface area contributed by atoms with Gasteiger partial charge in [-0.2, -0.15) is 5.26 Å². The van der Waals surface area contributed by atoms with Gasteiger partial charge in [-0.05, 0) is 39.5 Å². The van der Waals surface area contributed by atoms with Crippen molar-refractivity contribution in [2.75, 3.05) is 0 Å². The van der Waals surface area contributed by atoms with Gasteiger partial charge in [0.25, 0.3) is 5.69 Å². The van der Waals surface area contributed by atoms with Crippen LogP contribution in [0, 0.1) is 21.4 Å². The predicted molar refractivity (Wildman–Crippen MR) is 99.8 cm³/mol. The van der Waals surface area contributed by atoms with Gasteiger partial charge in [0.15, 0.2) is 0 Å². The topological polar surface area (TPSA) is 114 Å². The SMILES string of the molecule is CC1=C(C#N)C(c2ccccc2[N+](=O)[O-])C(OC(=O)OC2CCCC2)=C(C)N1. The van der Waals surface area contributed by atoms with E-state index in [0.717, 1.165) is 25.7 Å². The maximum Gasteiger partial charge on any atom is 0.513 e. The Kier molecular flexibility index (Phi) is 5.64. The van der Waals surface area contributed by atoms with Crippen LogP contribution in [0.1, 0.15) is 51.0 Å². The number of rotatable bonds is 4. The number of nitrogens with zero attached hydrogens (tertiary/aromatic N) is 2. The van der Waals surface area contributed by atoms with Crippen LogP contribution in [0.15, 0.2) is 47.0 Å². The third-order valence-corrected chi connectivity index (χ3v) is 5.02. The fourth-order valence-corrected chi connectivity index (χ4v) is 3.71. The average Bonchev–Trinajstić information content (AvgIpc) is 3.16. The molecule has 1 aromatic carbocycles. The molecule has 0 spiro atoms. The second-order valence-electron chi connectivity index (χ2n) is 6.89. The van der Waals surface area contributed by atoms with Gasteiger partial charge in [0.05, 0.1) is 28.2 Å². The molecular weight excluding hydrogens is 362 g/mol. The highest BCUT2D eigenvalue weighted by Gasteiger charge is 2.36. The Morgan fingerprint density at radius 1 is 1.25 bits per heavy atom. The number of carbonyl (C=O) groups is 1. The van der Waals surface area contributed by atoms with Gasteiger partial charge in [-0.15, -0.1) is 0 Å². The molecule has 0 radical (unpaired) electrons. The Hall–Kier alpha value is -3.34. The van der Waals surface area contributed by atoms with Crippen molar-refractivity contribution in [2.45, 2.75) is 51.6 Å². The molecule has 2 aliphatic rings. The van der Waals surface area contributed by atoms with E-state index in [0.29, 0.717) is 11.4 Å². The molecule has 1 heterocycles. The Labute approximate surface area is 162 Å². The summed E-state index contributed by atoms with van der Waals surface area (Å²) in [6.07, 6.45) is 2.55. The van der Waals surface area contributed by atoms with E-state index in [2.05, 4.69) is 11.4 Å². The largest absolute Gasteiger partial charge is 0.513 e. The summed E-state index contributed by atoms with van der Waals surface area (Å²) in [5.41, 5.74) is 1.45. The molecule has 0 bridgehead atoms. The molecule has 0 amide bonds. The Balaban J connectivity index is 1.99. The summed E-state index contributed by atoms with van der Waals surface area (Å²) in [6.45, 7) is 3.40. The number of hydrogen-bond acceptors (Lipinski definition) is 7. The number of nitro groups is 1. The van der Waals surface area contributed by atoms with Crippen molar-refractivity contribution in [3.8, 4) is 6.07 Å². The number of hydrogen-bond donors (Lipinski definition) is 1. The molecule has 146 valence electrons. The maximum atomic E-state index is 12.3. The van der Waals surface area contributed by atoms with Gasteiger partial charge >= 0.3 is 6.16 Å². The van der Waals surface area contributed by atoms with Gasteiger partial charge in [0.1, 0.15) is 11.9 Å². The lowest BCUT2D eigenvalue weighted by Gasteiger charge is -2.28. The first-order chi connectivity index (χ1) is 13.4. The van der Waals surface area contributed by atoms with E-state index >= 15 is 0 Å². The molecule has 1 unspecified atom stereocenters. The molecular formula is C20H21N3O5. The van der Waals surface area contributed by atoms with E-state index in [4.69, 9.17) is 9.47 Å². The molecule has 1 aliphatic heterocycles. The zero-order valence-corrected chi connectivity index (χ0v) is 15.7. The van der Waals surface area contributed by atoms with Crippen molar-refractivity contribution in [1.29, 1.82) is 5.26 Å². The van der Waals surface area contributed by atoms with E-state index in [1.54, 1.807) is 32.0 Å². The van der Waals surface area contributed by atoms with Gasteiger partial charge in [-0.3, -0.25) is 10.1 Å². The molecule has 8 nitrogen and oxygen atoms in total. The summed E-state index contributed by atoms with van der Waals surface area (Å²) in [5, 5.41) is 24.2. The smallest absolute Gasteiger partial charge is 0.431 e. The number of allylic oxidation sites excluding steroid dienone is 3. The second-order valence-corrected chi connectivity index (χ2v) is 6.89. The first kappa shape index (κ1) is 19.4. The predicted octanol–water partition coefficient (Wildman–Crippen LogP) is 4.41. The monoisotopic (exact) mass is 383 g/mol. The van der Waals surface area contributed by atoms with Crippen molar-refractivity contribution < 1.29 is 19.2 Å². The Bertz CT molecular complexity index is 907. The summed E-state index contributed by atoms with van der Waals surface area (Å²) < 4.78 is 10.9. The first-order valence-electron chi connectivity index (χ1n) is 9.12. The molecule has 1 saturated carbocycles. The molecule has 28 heavy (non-hydrogen) atoms. The quantitative estimate of drug-likeness (QED) is 0.465. The minimum atomic E-state index is -0.871. The molecule has 1 fully saturated rings. The van der Waals surface area contributed by atoms with Gasteiger partial charge in [-0.25, -0.2) is 4.79 Å². The summed E-state index contributed by atoms with van der Waals surface area (Å²) in [4.78, 5) is 23.4. The number of benzene rings is 1. The van der Waals surface area contributed by atoms with Crippen LogP contribution in [0.2, 0.25) is 0 Å². The summed E-state index contributed by atoms with van der Waals surface area (Å²) >= 11 is 0. The number of ether oxygens (including phenoxy) is 2. The van der Waals surface area contributed by atoms with Crippen LogP contribution < -0.4 is 5.32 Å². The van der Waals surface area contributed by atoms with Crippen molar-refractivity contribution in [2.24, 2.45) is 0 Å². The normalized spacial score (nSPS) is 19.8. The molecule has 1 N–H and O–H groups in total. The van der Waals surface area contributed by atoms with Gasteiger partial charge in [-0.1, -0.05) is 18.2 Å². The van der Waals surface area contributed by atoms with Gasteiger partial charge in [0.2, 0.25) is 0 Å². The third kappa shape index (κ3) is 3.83. The number of nitriles is 1. The minimum Gasteiger partial charge on any atom is -0.431 e. The molecule has 1 atom stereocenters. The third-order valence-electron chi connectivity index (χ3n) is 5.02. The zero-order chi connectivity index (χ0) is 20.3.